The molecule has 0 amide bonds. The van der Waals surface area contributed by atoms with E-state index in [-0.39, 0.29) is 6.04 Å². The second-order valence-corrected chi connectivity index (χ2v) is 8.44. The lowest BCUT2D eigenvalue weighted by Crippen LogP contribution is -2.33. The summed E-state index contributed by atoms with van der Waals surface area (Å²) >= 11 is 0. The van der Waals surface area contributed by atoms with E-state index in [2.05, 4.69) is 9.97 Å². The van der Waals surface area contributed by atoms with E-state index in [1.807, 2.05) is 66.2 Å². The first-order chi connectivity index (χ1) is 15.0. The van der Waals surface area contributed by atoms with Gasteiger partial charge < -0.3 is 15.6 Å². The number of rotatable bonds is 4. The van der Waals surface area contributed by atoms with Crippen molar-refractivity contribution in [2.75, 3.05) is 5.73 Å². The Morgan fingerprint density at radius 1 is 1.06 bits per heavy atom. The molecule has 0 radical (unpaired) electrons. The Morgan fingerprint density at radius 2 is 1.81 bits per heavy atom. The van der Waals surface area contributed by atoms with Crippen LogP contribution >= 0.6 is 0 Å². The Morgan fingerprint density at radius 3 is 2.55 bits per heavy atom. The molecule has 7 nitrogen and oxygen atoms in total. The number of benzene rings is 2. The van der Waals surface area contributed by atoms with Crippen LogP contribution < -0.4 is 10.5 Å². The SMILES string of the molecule is C[C@@]1(O)CCC[C@@H](n2nc(-c3ccc(Oc4ccccc4)cc3)c3c(N)ncnc32)C1. The van der Waals surface area contributed by atoms with Crippen LogP contribution in [0.3, 0.4) is 0 Å². The van der Waals surface area contributed by atoms with E-state index in [1.165, 1.54) is 6.33 Å². The number of fused-ring (bicyclic) bond motifs is 1. The van der Waals surface area contributed by atoms with Crippen LogP contribution in [0.15, 0.2) is 60.9 Å². The van der Waals surface area contributed by atoms with E-state index < -0.39 is 5.60 Å². The van der Waals surface area contributed by atoms with Crippen molar-refractivity contribution in [1.82, 2.24) is 19.7 Å². The van der Waals surface area contributed by atoms with E-state index >= 15 is 0 Å². The summed E-state index contributed by atoms with van der Waals surface area (Å²) in [4.78, 5) is 8.68. The summed E-state index contributed by atoms with van der Waals surface area (Å²) in [5.74, 6) is 1.93. The molecule has 1 saturated carbocycles. The van der Waals surface area contributed by atoms with E-state index in [9.17, 15) is 5.11 Å². The highest BCUT2D eigenvalue weighted by atomic mass is 16.5. The van der Waals surface area contributed by atoms with Gasteiger partial charge in [0, 0.05) is 5.56 Å². The van der Waals surface area contributed by atoms with Crippen molar-refractivity contribution in [2.24, 2.45) is 0 Å². The van der Waals surface area contributed by atoms with Gasteiger partial charge in [-0.05, 0) is 69.0 Å². The van der Waals surface area contributed by atoms with Crippen LogP contribution in [0.4, 0.5) is 5.82 Å². The number of hydrogen-bond acceptors (Lipinski definition) is 6. The Labute approximate surface area is 180 Å². The highest BCUT2D eigenvalue weighted by Crippen LogP contribution is 2.39. The van der Waals surface area contributed by atoms with Crippen LogP contribution in [-0.4, -0.2) is 30.5 Å². The number of para-hydroxylation sites is 1. The Hall–Kier alpha value is -3.45. The molecule has 5 rings (SSSR count). The van der Waals surface area contributed by atoms with Crippen LogP contribution in [0.25, 0.3) is 22.3 Å². The molecule has 2 heterocycles. The molecule has 0 aliphatic heterocycles. The third-order valence-electron chi connectivity index (χ3n) is 5.90. The quantitative estimate of drug-likeness (QED) is 0.500. The molecule has 4 aromatic rings. The first kappa shape index (κ1) is 19.5. The van der Waals surface area contributed by atoms with Gasteiger partial charge in [0.2, 0.25) is 0 Å². The number of nitrogen functional groups attached to an aromatic ring is 1. The Kier molecular flexibility index (Phi) is 4.82. The zero-order chi connectivity index (χ0) is 21.4. The van der Waals surface area contributed by atoms with Gasteiger partial charge >= 0.3 is 0 Å². The van der Waals surface area contributed by atoms with Crippen LogP contribution in [0.1, 0.15) is 38.6 Å². The van der Waals surface area contributed by atoms with Crippen molar-refractivity contribution < 1.29 is 9.84 Å². The molecular weight excluding hydrogens is 390 g/mol. The van der Waals surface area contributed by atoms with Crippen LogP contribution in [0.5, 0.6) is 11.5 Å². The standard InChI is InChI=1S/C24H25N5O2/c1-24(30)13-5-6-17(14-24)29-23-20(22(25)26-15-27-23)21(28-29)16-9-11-19(12-10-16)31-18-7-3-2-4-8-18/h2-4,7-12,15,17,30H,5-6,13-14H2,1H3,(H2,25,26,27)/t17-,24-/m1/s1. The molecule has 1 fully saturated rings. The zero-order valence-corrected chi connectivity index (χ0v) is 17.4. The molecule has 158 valence electrons. The highest BCUT2D eigenvalue weighted by Gasteiger charge is 2.33. The van der Waals surface area contributed by atoms with Gasteiger partial charge in [-0.2, -0.15) is 5.10 Å². The summed E-state index contributed by atoms with van der Waals surface area (Å²) < 4.78 is 7.82. The number of anilines is 1. The van der Waals surface area contributed by atoms with Gasteiger partial charge in [0.25, 0.3) is 0 Å². The molecule has 2 aromatic carbocycles. The van der Waals surface area contributed by atoms with Crippen molar-refractivity contribution in [1.29, 1.82) is 0 Å². The highest BCUT2D eigenvalue weighted by molar-refractivity contribution is 5.98. The molecule has 0 bridgehead atoms. The maximum atomic E-state index is 10.6. The van der Waals surface area contributed by atoms with E-state index in [0.717, 1.165) is 47.4 Å². The van der Waals surface area contributed by atoms with Crippen LogP contribution in [0, 0.1) is 0 Å². The molecule has 2 aromatic heterocycles. The molecule has 7 heteroatoms. The molecule has 3 N–H and O–H groups in total. The molecule has 0 unspecified atom stereocenters. The topological polar surface area (TPSA) is 99.1 Å². The smallest absolute Gasteiger partial charge is 0.164 e. The maximum Gasteiger partial charge on any atom is 0.164 e. The maximum absolute atomic E-state index is 10.6. The van der Waals surface area contributed by atoms with Gasteiger partial charge in [-0.25, -0.2) is 14.6 Å². The number of nitrogens with two attached hydrogens (primary N) is 1. The lowest BCUT2D eigenvalue weighted by molar-refractivity contribution is 0.00254. The van der Waals surface area contributed by atoms with Gasteiger partial charge in [0.15, 0.2) is 5.65 Å². The summed E-state index contributed by atoms with van der Waals surface area (Å²) in [5, 5.41) is 16.2. The van der Waals surface area contributed by atoms with Crippen LogP contribution in [0.2, 0.25) is 0 Å². The molecule has 0 saturated heterocycles. The van der Waals surface area contributed by atoms with Gasteiger partial charge in [-0.1, -0.05) is 18.2 Å². The van der Waals surface area contributed by atoms with Gasteiger partial charge in [-0.3, -0.25) is 0 Å². The minimum atomic E-state index is -0.698. The molecule has 1 aliphatic rings. The number of ether oxygens (including phenoxy) is 1. The zero-order valence-electron chi connectivity index (χ0n) is 17.4. The molecular formula is C24H25N5O2. The fourth-order valence-electron chi connectivity index (χ4n) is 4.40. The third-order valence-corrected chi connectivity index (χ3v) is 5.90. The number of hydrogen-bond donors (Lipinski definition) is 2. The van der Waals surface area contributed by atoms with Crippen molar-refractivity contribution in [2.45, 2.75) is 44.2 Å². The molecule has 2 atom stereocenters. The fraction of sp³-hybridized carbons (Fsp3) is 0.292. The first-order valence-corrected chi connectivity index (χ1v) is 10.5. The van der Waals surface area contributed by atoms with Gasteiger partial charge in [0.05, 0.1) is 17.0 Å². The second kappa shape index (κ2) is 7.67. The van der Waals surface area contributed by atoms with E-state index in [1.54, 1.807) is 0 Å². The normalized spacial score (nSPS) is 21.3. The largest absolute Gasteiger partial charge is 0.457 e. The second-order valence-electron chi connectivity index (χ2n) is 8.44. The Balaban J connectivity index is 1.53. The van der Waals surface area contributed by atoms with Crippen molar-refractivity contribution in [3.63, 3.8) is 0 Å². The van der Waals surface area contributed by atoms with Crippen LogP contribution in [-0.2, 0) is 0 Å². The van der Waals surface area contributed by atoms with Crippen molar-refractivity contribution in [3.05, 3.63) is 60.9 Å². The summed E-state index contributed by atoms with van der Waals surface area (Å²) in [6, 6.07) is 17.5. The summed E-state index contributed by atoms with van der Waals surface area (Å²) in [6.45, 7) is 1.89. The van der Waals surface area contributed by atoms with E-state index in [4.69, 9.17) is 15.6 Å². The molecule has 31 heavy (non-hydrogen) atoms. The number of nitrogens with zero attached hydrogens (tertiary/aromatic N) is 4. The first-order valence-electron chi connectivity index (χ1n) is 10.5. The monoisotopic (exact) mass is 415 g/mol. The Bertz CT molecular complexity index is 1200. The summed E-state index contributed by atoms with van der Waals surface area (Å²) in [5.41, 5.74) is 7.90. The van der Waals surface area contributed by atoms with Crippen molar-refractivity contribution in [3.8, 4) is 22.8 Å². The summed E-state index contributed by atoms with van der Waals surface area (Å²) in [6.07, 6.45) is 4.80. The molecule has 1 aliphatic carbocycles. The minimum Gasteiger partial charge on any atom is -0.457 e. The van der Waals surface area contributed by atoms with Crippen molar-refractivity contribution >= 4 is 16.9 Å². The lowest BCUT2D eigenvalue weighted by Gasteiger charge is -2.34. The van der Waals surface area contributed by atoms with Gasteiger partial charge in [0.1, 0.15) is 29.3 Å². The summed E-state index contributed by atoms with van der Waals surface area (Å²) in [7, 11) is 0. The average Bonchev–Trinajstić information content (AvgIpc) is 3.15. The lowest BCUT2D eigenvalue weighted by atomic mass is 9.83. The number of aliphatic hydroxyl groups is 1. The van der Waals surface area contributed by atoms with Gasteiger partial charge in [-0.15, -0.1) is 0 Å². The predicted octanol–water partition coefficient (Wildman–Crippen LogP) is 4.73. The fourth-order valence-corrected chi connectivity index (χ4v) is 4.40. The van der Waals surface area contributed by atoms with E-state index in [0.29, 0.717) is 17.9 Å². The minimum absolute atomic E-state index is 0.0648. The predicted molar refractivity (Wildman–Crippen MR) is 120 cm³/mol. The number of aromatic nitrogens is 4. The molecule has 0 spiro atoms. The third kappa shape index (κ3) is 3.84. The average molecular weight is 415 g/mol.